The Bertz CT molecular complexity index is 667. The fourth-order valence-corrected chi connectivity index (χ4v) is 4.24. The second-order valence-electron chi connectivity index (χ2n) is 7.55. The van der Waals surface area contributed by atoms with Crippen LogP contribution in [0.15, 0.2) is 18.2 Å². The molecular weight excluding hydrogens is 386 g/mol. The summed E-state index contributed by atoms with van der Waals surface area (Å²) in [6.45, 7) is 1.94. The Morgan fingerprint density at radius 1 is 1.07 bits per heavy atom. The molecule has 0 amide bonds. The number of benzene rings is 1. The number of nitrogens with one attached hydrogen (secondary N) is 1. The first kappa shape index (κ1) is 21.2. The predicted molar refractivity (Wildman–Crippen MR) is 93.4 cm³/mol. The van der Waals surface area contributed by atoms with Crippen molar-refractivity contribution in [1.82, 2.24) is 5.32 Å². The summed E-state index contributed by atoms with van der Waals surface area (Å²) in [5.74, 6) is -1.34. The molecule has 0 bridgehead atoms. The second kappa shape index (κ2) is 8.10. The summed E-state index contributed by atoms with van der Waals surface area (Å²) < 4.78 is 83.9. The number of methoxy groups -OCH3 is 1. The fourth-order valence-electron chi connectivity index (χ4n) is 4.24. The highest BCUT2D eigenvalue weighted by Gasteiger charge is 2.42. The summed E-state index contributed by atoms with van der Waals surface area (Å²) in [5, 5.41) is 3.24. The summed E-state index contributed by atoms with van der Waals surface area (Å²) in [6.07, 6.45) is -8.98. The van der Waals surface area contributed by atoms with E-state index in [4.69, 9.17) is 4.74 Å². The topological polar surface area (TPSA) is 24.5 Å². The molecule has 9 heteroatoms. The molecule has 2 saturated heterocycles. The summed E-state index contributed by atoms with van der Waals surface area (Å²) in [7, 11) is 1.57. The molecule has 2 aliphatic heterocycles. The molecule has 2 aliphatic rings. The van der Waals surface area contributed by atoms with Gasteiger partial charge in [-0.15, -0.1) is 0 Å². The monoisotopic (exact) mass is 410 g/mol. The van der Waals surface area contributed by atoms with Crippen molar-refractivity contribution in [3.8, 4) is 0 Å². The van der Waals surface area contributed by atoms with Crippen molar-refractivity contribution in [2.75, 3.05) is 44.8 Å². The van der Waals surface area contributed by atoms with E-state index in [1.54, 1.807) is 12.0 Å². The lowest BCUT2D eigenvalue weighted by Crippen LogP contribution is -2.39. The van der Waals surface area contributed by atoms with Gasteiger partial charge in [-0.3, -0.25) is 0 Å². The van der Waals surface area contributed by atoms with Gasteiger partial charge >= 0.3 is 12.4 Å². The van der Waals surface area contributed by atoms with Crippen molar-refractivity contribution < 1.29 is 31.1 Å². The van der Waals surface area contributed by atoms with Gasteiger partial charge in [0.2, 0.25) is 0 Å². The minimum Gasteiger partial charge on any atom is -0.384 e. The average molecular weight is 410 g/mol. The van der Waals surface area contributed by atoms with Crippen LogP contribution in [0.25, 0.3) is 0 Å². The predicted octanol–water partition coefficient (Wildman–Crippen LogP) is 4.43. The van der Waals surface area contributed by atoms with E-state index in [1.165, 1.54) is 6.07 Å². The van der Waals surface area contributed by atoms with Crippen LogP contribution in [-0.4, -0.2) is 46.1 Å². The lowest BCUT2D eigenvalue weighted by atomic mass is 9.86. The van der Waals surface area contributed by atoms with E-state index in [1.807, 2.05) is 0 Å². The second-order valence-corrected chi connectivity index (χ2v) is 7.55. The van der Waals surface area contributed by atoms with Gasteiger partial charge in [0.1, 0.15) is 0 Å². The molecule has 28 heavy (non-hydrogen) atoms. The maximum atomic E-state index is 13.3. The van der Waals surface area contributed by atoms with Gasteiger partial charge < -0.3 is 15.0 Å². The minimum atomic E-state index is -4.50. The van der Waals surface area contributed by atoms with Gasteiger partial charge in [0.15, 0.2) is 0 Å². The Balaban J connectivity index is 1.91. The highest BCUT2D eigenvalue weighted by atomic mass is 19.4. The molecule has 0 aliphatic carbocycles. The van der Waals surface area contributed by atoms with E-state index in [2.05, 4.69) is 5.32 Å². The third-order valence-corrected chi connectivity index (χ3v) is 5.78. The lowest BCUT2D eigenvalue weighted by Gasteiger charge is -2.37. The van der Waals surface area contributed by atoms with Gasteiger partial charge in [-0.1, -0.05) is 6.07 Å². The van der Waals surface area contributed by atoms with Crippen LogP contribution in [0.1, 0.15) is 29.9 Å². The molecule has 3 nitrogen and oxygen atoms in total. The number of halogens is 6. The molecule has 158 valence electrons. The highest BCUT2D eigenvalue weighted by Crippen LogP contribution is 2.42. The Labute approximate surface area is 160 Å². The molecule has 2 atom stereocenters. The van der Waals surface area contributed by atoms with Gasteiger partial charge in [-0.2, -0.15) is 26.3 Å². The first-order chi connectivity index (χ1) is 13.1. The standard InChI is InChI=1S/C19H24F6N2O/c1-28-11-12-9-26-10-16(12)15-3-2-14(19(23,24)25)8-17(15)27-6-4-13(5-7-27)18(20,21)22/h2-3,8,12-13,16,26H,4-7,9-11H2,1H3/t12-,16?/m1/s1. The first-order valence-corrected chi connectivity index (χ1v) is 9.33. The number of ether oxygens (including phenoxy) is 1. The van der Waals surface area contributed by atoms with Crippen molar-refractivity contribution in [3.63, 3.8) is 0 Å². The molecule has 2 fully saturated rings. The molecule has 0 saturated carbocycles. The molecular formula is C19H24F6N2O. The largest absolute Gasteiger partial charge is 0.416 e. The van der Waals surface area contributed by atoms with Crippen LogP contribution >= 0.6 is 0 Å². The molecule has 1 unspecified atom stereocenters. The van der Waals surface area contributed by atoms with Crippen molar-refractivity contribution in [3.05, 3.63) is 29.3 Å². The first-order valence-electron chi connectivity index (χ1n) is 9.33. The lowest BCUT2D eigenvalue weighted by molar-refractivity contribution is -0.179. The van der Waals surface area contributed by atoms with Crippen LogP contribution < -0.4 is 10.2 Å². The fraction of sp³-hybridized carbons (Fsp3) is 0.684. The summed E-state index contributed by atoms with van der Waals surface area (Å²) in [4.78, 5) is 1.68. The number of piperidine rings is 1. The maximum absolute atomic E-state index is 13.3. The van der Waals surface area contributed by atoms with E-state index < -0.39 is 23.8 Å². The summed E-state index contributed by atoms with van der Waals surface area (Å²) in [6, 6.07) is 3.63. The number of hydrogen-bond donors (Lipinski definition) is 1. The molecule has 1 aromatic carbocycles. The van der Waals surface area contributed by atoms with Crippen LogP contribution in [0.3, 0.4) is 0 Å². The highest BCUT2D eigenvalue weighted by molar-refractivity contribution is 5.58. The van der Waals surface area contributed by atoms with Gasteiger partial charge in [0.25, 0.3) is 0 Å². The Kier molecular flexibility index (Phi) is 6.14. The Hall–Kier alpha value is -1.48. The van der Waals surface area contributed by atoms with Gasteiger partial charge in [-0.25, -0.2) is 0 Å². The van der Waals surface area contributed by atoms with Crippen molar-refractivity contribution in [2.45, 2.75) is 31.1 Å². The molecule has 0 radical (unpaired) electrons. The Morgan fingerprint density at radius 2 is 1.75 bits per heavy atom. The van der Waals surface area contributed by atoms with E-state index in [9.17, 15) is 26.3 Å². The van der Waals surface area contributed by atoms with Crippen molar-refractivity contribution in [1.29, 1.82) is 0 Å². The maximum Gasteiger partial charge on any atom is 0.416 e. The summed E-state index contributed by atoms with van der Waals surface area (Å²) >= 11 is 0. The minimum absolute atomic E-state index is 0.0439. The van der Waals surface area contributed by atoms with E-state index in [-0.39, 0.29) is 37.8 Å². The third-order valence-electron chi connectivity index (χ3n) is 5.78. The van der Waals surface area contributed by atoms with E-state index in [0.29, 0.717) is 25.4 Å². The van der Waals surface area contributed by atoms with Crippen LogP contribution in [0.2, 0.25) is 0 Å². The zero-order valence-corrected chi connectivity index (χ0v) is 15.5. The smallest absolute Gasteiger partial charge is 0.384 e. The molecule has 0 aromatic heterocycles. The molecule has 0 spiro atoms. The molecule has 3 rings (SSSR count). The zero-order chi connectivity index (χ0) is 20.5. The normalized spacial score (nSPS) is 24.8. The van der Waals surface area contributed by atoms with Crippen LogP contribution in [-0.2, 0) is 10.9 Å². The summed E-state index contributed by atoms with van der Waals surface area (Å²) in [5.41, 5.74) is 0.356. The van der Waals surface area contributed by atoms with Crippen LogP contribution in [0, 0.1) is 11.8 Å². The van der Waals surface area contributed by atoms with Crippen molar-refractivity contribution >= 4 is 5.69 Å². The average Bonchev–Trinajstić information content (AvgIpc) is 3.08. The van der Waals surface area contributed by atoms with Gasteiger partial charge in [-0.05, 0) is 30.5 Å². The SMILES string of the molecule is COC[C@H]1CNCC1c1ccc(C(F)(F)F)cc1N1CCC(C(F)(F)F)CC1. The number of hydrogen-bond acceptors (Lipinski definition) is 3. The molecule has 1 N–H and O–H groups in total. The zero-order valence-electron chi connectivity index (χ0n) is 15.5. The Morgan fingerprint density at radius 3 is 2.32 bits per heavy atom. The van der Waals surface area contributed by atoms with E-state index in [0.717, 1.165) is 17.7 Å². The number of anilines is 1. The third kappa shape index (κ3) is 4.56. The number of rotatable bonds is 4. The molecule has 2 heterocycles. The van der Waals surface area contributed by atoms with E-state index >= 15 is 0 Å². The van der Waals surface area contributed by atoms with Crippen molar-refractivity contribution in [2.24, 2.45) is 11.8 Å². The van der Waals surface area contributed by atoms with Gasteiger partial charge in [0.05, 0.1) is 18.1 Å². The quantitative estimate of drug-likeness (QED) is 0.744. The van der Waals surface area contributed by atoms with Crippen LogP contribution in [0.5, 0.6) is 0 Å². The van der Waals surface area contributed by atoms with Crippen LogP contribution in [0.4, 0.5) is 32.0 Å². The number of nitrogens with zero attached hydrogens (tertiary/aromatic N) is 1. The number of alkyl halides is 6. The van der Waals surface area contributed by atoms with Gasteiger partial charge in [0, 0.05) is 50.8 Å². The molecule has 1 aromatic rings.